The van der Waals surface area contributed by atoms with Gasteiger partial charge in [0.05, 0.1) is 0 Å². The van der Waals surface area contributed by atoms with Crippen LogP contribution in [0.25, 0.3) is 0 Å². The van der Waals surface area contributed by atoms with Crippen LogP contribution in [0.2, 0.25) is 0 Å². The predicted octanol–water partition coefficient (Wildman–Crippen LogP) is 3.76. The molecule has 5 nitrogen and oxygen atoms in total. The van der Waals surface area contributed by atoms with Gasteiger partial charge in [-0.05, 0) is 30.3 Å². The second-order valence-corrected chi connectivity index (χ2v) is 5.33. The zero-order valence-corrected chi connectivity index (χ0v) is 13.3. The number of hydrogen-bond acceptors (Lipinski definition) is 4. The minimum absolute atomic E-state index is 0.00817. The van der Waals surface area contributed by atoms with Gasteiger partial charge >= 0.3 is 0 Å². The Morgan fingerprint density at radius 3 is 2.38 bits per heavy atom. The van der Waals surface area contributed by atoms with Crippen molar-refractivity contribution in [2.75, 3.05) is 10.6 Å². The Labute approximate surface area is 146 Å². The number of nitrogens with zero attached hydrogens (tertiary/aromatic N) is 2. The quantitative estimate of drug-likeness (QED) is 0.729. The maximum atomic E-state index is 13.5. The number of rotatable bonds is 5. The molecule has 1 heterocycles. The average molecular weight is 358 g/mol. The molecule has 8 heteroatoms. The van der Waals surface area contributed by atoms with Crippen molar-refractivity contribution < 1.29 is 18.0 Å². The van der Waals surface area contributed by atoms with Crippen LogP contribution in [0, 0.1) is 17.5 Å². The summed E-state index contributed by atoms with van der Waals surface area (Å²) in [5, 5.41) is 12.9. The Hall–Kier alpha value is -3.42. The number of aromatic nitrogens is 2. The normalized spacial score (nSPS) is 10.4. The Morgan fingerprint density at radius 2 is 1.69 bits per heavy atom. The summed E-state index contributed by atoms with van der Waals surface area (Å²) < 4.78 is 39.6. The van der Waals surface area contributed by atoms with Crippen molar-refractivity contribution in [1.82, 2.24) is 10.2 Å². The van der Waals surface area contributed by atoms with Crippen molar-refractivity contribution in [1.29, 1.82) is 0 Å². The molecule has 0 aliphatic rings. The number of carbonyl (C=O) groups is 1. The Morgan fingerprint density at radius 1 is 0.885 bits per heavy atom. The van der Waals surface area contributed by atoms with E-state index in [4.69, 9.17) is 0 Å². The summed E-state index contributed by atoms with van der Waals surface area (Å²) in [7, 11) is 0. The Kier molecular flexibility index (Phi) is 5.12. The molecule has 0 unspecified atom stereocenters. The number of hydrogen-bond donors (Lipinski definition) is 2. The van der Waals surface area contributed by atoms with Crippen molar-refractivity contribution in [3.05, 3.63) is 83.3 Å². The van der Waals surface area contributed by atoms with Crippen molar-refractivity contribution in [3.8, 4) is 0 Å². The standard InChI is InChI=1S/C18H13F3N4O/c19-13-4-2-1-3-11(13)10-22-17-8-7-16(24-25-17)18(26)23-12-5-6-14(20)15(21)9-12/h1-9H,10H2,(H,22,25)(H,23,26). The maximum absolute atomic E-state index is 13.5. The molecule has 2 aromatic carbocycles. The van der Waals surface area contributed by atoms with Crippen molar-refractivity contribution in [2.24, 2.45) is 0 Å². The van der Waals surface area contributed by atoms with Crippen LogP contribution >= 0.6 is 0 Å². The first-order valence-electron chi connectivity index (χ1n) is 7.60. The summed E-state index contributed by atoms with van der Waals surface area (Å²) in [6.45, 7) is 0.210. The fourth-order valence-corrected chi connectivity index (χ4v) is 2.14. The largest absolute Gasteiger partial charge is 0.364 e. The second kappa shape index (κ2) is 7.64. The molecule has 0 fully saturated rings. The van der Waals surface area contributed by atoms with Gasteiger partial charge in [0.1, 0.15) is 11.6 Å². The molecule has 2 N–H and O–H groups in total. The van der Waals surface area contributed by atoms with Gasteiger partial charge in [-0.1, -0.05) is 18.2 Å². The van der Waals surface area contributed by atoms with Gasteiger partial charge in [0, 0.05) is 23.9 Å². The highest BCUT2D eigenvalue weighted by atomic mass is 19.2. The lowest BCUT2D eigenvalue weighted by Crippen LogP contribution is -2.15. The van der Waals surface area contributed by atoms with E-state index in [-0.39, 0.29) is 23.7 Å². The molecule has 132 valence electrons. The minimum atomic E-state index is -1.07. The molecule has 0 aliphatic heterocycles. The van der Waals surface area contributed by atoms with Crippen LogP contribution in [-0.4, -0.2) is 16.1 Å². The number of halogens is 3. The predicted molar refractivity (Wildman–Crippen MR) is 90.1 cm³/mol. The molecule has 26 heavy (non-hydrogen) atoms. The zero-order chi connectivity index (χ0) is 18.5. The first-order valence-corrected chi connectivity index (χ1v) is 7.60. The molecule has 0 aliphatic carbocycles. The van der Waals surface area contributed by atoms with E-state index in [1.807, 2.05) is 0 Å². The van der Waals surface area contributed by atoms with Gasteiger partial charge in [0.2, 0.25) is 0 Å². The summed E-state index contributed by atoms with van der Waals surface area (Å²) in [4.78, 5) is 12.0. The van der Waals surface area contributed by atoms with Gasteiger partial charge in [-0.25, -0.2) is 13.2 Å². The van der Waals surface area contributed by atoms with Gasteiger partial charge in [-0.2, -0.15) is 0 Å². The van der Waals surface area contributed by atoms with Gasteiger partial charge in [0.15, 0.2) is 17.3 Å². The van der Waals surface area contributed by atoms with Crippen LogP contribution in [0.15, 0.2) is 54.6 Å². The summed E-state index contributed by atoms with van der Waals surface area (Å²) >= 11 is 0. The highest BCUT2D eigenvalue weighted by Gasteiger charge is 2.11. The van der Waals surface area contributed by atoms with E-state index in [2.05, 4.69) is 20.8 Å². The van der Waals surface area contributed by atoms with Crippen molar-refractivity contribution in [2.45, 2.75) is 6.54 Å². The molecule has 0 saturated heterocycles. The SMILES string of the molecule is O=C(Nc1ccc(F)c(F)c1)c1ccc(NCc2ccccc2F)nn1. The van der Waals surface area contributed by atoms with Crippen molar-refractivity contribution >= 4 is 17.4 Å². The fourth-order valence-electron chi connectivity index (χ4n) is 2.14. The molecule has 3 aromatic rings. The van der Waals surface area contributed by atoms with Crippen LogP contribution in [0.3, 0.4) is 0 Å². The summed E-state index contributed by atoms with van der Waals surface area (Å²) in [5.41, 5.74) is 0.554. The molecule has 1 amide bonds. The van der Waals surface area contributed by atoms with Crippen LogP contribution in [0.4, 0.5) is 24.7 Å². The van der Waals surface area contributed by atoms with Gasteiger partial charge in [0.25, 0.3) is 5.91 Å². The summed E-state index contributed by atoms with van der Waals surface area (Å²) in [6, 6.07) is 12.2. The number of benzene rings is 2. The van der Waals surface area contributed by atoms with E-state index in [9.17, 15) is 18.0 Å². The molecule has 0 spiro atoms. The summed E-state index contributed by atoms with van der Waals surface area (Å²) in [5.74, 6) is -2.67. The zero-order valence-electron chi connectivity index (χ0n) is 13.3. The van der Waals surface area contributed by atoms with E-state index in [1.165, 1.54) is 24.3 Å². The fraction of sp³-hybridized carbons (Fsp3) is 0.0556. The maximum Gasteiger partial charge on any atom is 0.276 e. The smallest absolute Gasteiger partial charge is 0.276 e. The third-order valence-corrected chi connectivity index (χ3v) is 3.49. The van der Waals surface area contributed by atoms with E-state index < -0.39 is 17.5 Å². The van der Waals surface area contributed by atoms with E-state index in [0.717, 1.165) is 12.1 Å². The van der Waals surface area contributed by atoms with Crippen LogP contribution in [0.1, 0.15) is 16.1 Å². The number of carbonyl (C=O) groups excluding carboxylic acids is 1. The second-order valence-electron chi connectivity index (χ2n) is 5.33. The van der Waals surface area contributed by atoms with Crippen LogP contribution < -0.4 is 10.6 Å². The van der Waals surface area contributed by atoms with Crippen LogP contribution in [-0.2, 0) is 6.54 Å². The van der Waals surface area contributed by atoms with E-state index >= 15 is 0 Å². The number of amides is 1. The minimum Gasteiger partial charge on any atom is -0.364 e. The summed E-state index contributed by atoms with van der Waals surface area (Å²) in [6.07, 6.45) is 0. The highest BCUT2D eigenvalue weighted by molar-refractivity contribution is 6.02. The first kappa shape index (κ1) is 17.4. The van der Waals surface area contributed by atoms with E-state index in [0.29, 0.717) is 11.4 Å². The lowest BCUT2D eigenvalue weighted by atomic mass is 10.2. The number of nitrogens with one attached hydrogen (secondary N) is 2. The average Bonchev–Trinajstić information content (AvgIpc) is 2.64. The van der Waals surface area contributed by atoms with Crippen LogP contribution in [0.5, 0.6) is 0 Å². The molecule has 0 saturated carbocycles. The molecule has 3 rings (SSSR count). The molecule has 1 aromatic heterocycles. The van der Waals surface area contributed by atoms with Crippen molar-refractivity contribution in [3.63, 3.8) is 0 Å². The molecule has 0 radical (unpaired) electrons. The molecule has 0 bridgehead atoms. The Balaban J connectivity index is 1.62. The van der Waals surface area contributed by atoms with Gasteiger partial charge in [-0.15, -0.1) is 10.2 Å². The monoisotopic (exact) mass is 358 g/mol. The Bertz CT molecular complexity index is 932. The molecular weight excluding hydrogens is 345 g/mol. The van der Waals surface area contributed by atoms with E-state index in [1.54, 1.807) is 18.2 Å². The van der Waals surface area contributed by atoms with Gasteiger partial charge in [-0.3, -0.25) is 4.79 Å². The lowest BCUT2D eigenvalue weighted by molar-refractivity contribution is 0.102. The number of anilines is 2. The molecule has 0 atom stereocenters. The molecular formula is C18H13F3N4O. The first-order chi connectivity index (χ1) is 12.5. The third kappa shape index (κ3) is 4.15. The third-order valence-electron chi connectivity index (χ3n) is 3.49. The highest BCUT2D eigenvalue weighted by Crippen LogP contribution is 2.14. The lowest BCUT2D eigenvalue weighted by Gasteiger charge is -2.07. The topological polar surface area (TPSA) is 66.9 Å². The van der Waals surface area contributed by atoms with Gasteiger partial charge < -0.3 is 10.6 Å².